The van der Waals surface area contributed by atoms with E-state index in [1.807, 2.05) is 36.7 Å². The minimum absolute atomic E-state index is 0.900. The standard InChI is InChI=1S/C12H12N3.Zn/c1-3-7-14-11(5-1)9-13-10-12-6-2-4-8-15-12;/h1-8H,9-10H2;/q-1;+2. The van der Waals surface area contributed by atoms with Crippen LogP contribution in [0.4, 0.5) is 0 Å². The maximum absolute atomic E-state index is 4.32. The molecule has 0 saturated heterocycles. The van der Waals surface area contributed by atoms with Gasteiger partial charge in [0.15, 0.2) is 0 Å². The SMILES string of the molecule is [Zn+][N](Cc1ccccn1)Cc1ccccn1. The summed E-state index contributed by atoms with van der Waals surface area (Å²) in [4.78, 5) is 8.64. The second kappa shape index (κ2) is 5.83. The van der Waals surface area contributed by atoms with Crippen LogP contribution in [0.1, 0.15) is 11.4 Å². The average molecular weight is 264 g/mol. The zero-order chi connectivity index (χ0) is 11.2. The van der Waals surface area contributed by atoms with Crippen LogP contribution in [0.3, 0.4) is 0 Å². The van der Waals surface area contributed by atoms with Crippen molar-refractivity contribution in [1.82, 2.24) is 13.6 Å². The van der Waals surface area contributed by atoms with Crippen LogP contribution in [-0.4, -0.2) is 13.6 Å². The van der Waals surface area contributed by atoms with Gasteiger partial charge < -0.3 is 0 Å². The molecule has 0 aliphatic carbocycles. The van der Waals surface area contributed by atoms with E-state index in [0.717, 1.165) is 43.0 Å². The first-order chi connectivity index (χ1) is 7.84. The van der Waals surface area contributed by atoms with Gasteiger partial charge in [-0.15, -0.1) is 0 Å². The summed E-state index contributed by atoms with van der Waals surface area (Å²) in [6.45, 7) is 1.80. The first kappa shape index (κ1) is 11.4. The van der Waals surface area contributed by atoms with Gasteiger partial charge in [-0.05, 0) is 0 Å². The van der Waals surface area contributed by atoms with Gasteiger partial charge in [0.1, 0.15) is 0 Å². The van der Waals surface area contributed by atoms with E-state index < -0.39 is 0 Å². The van der Waals surface area contributed by atoms with E-state index >= 15 is 0 Å². The zero-order valence-corrected chi connectivity index (χ0v) is 12.0. The van der Waals surface area contributed by atoms with Crippen molar-refractivity contribution in [3.8, 4) is 0 Å². The third-order valence-electron chi connectivity index (χ3n) is 2.22. The molecule has 2 aromatic rings. The molecule has 0 radical (unpaired) electrons. The Hall–Kier alpha value is -1.12. The Balaban J connectivity index is 1.92. The van der Waals surface area contributed by atoms with Crippen molar-refractivity contribution in [3.05, 3.63) is 60.2 Å². The van der Waals surface area contributed by atoms with Gasteiger partial charge in [0.25, 0.3) is 0 Å². The molecule has 2 aromatic heterocycles. The molecule has 0 saturated carbocycles. The Kier molecular flexibility index (Phi) is 4.14. The third-order valence-corrected chi connectivity index (χ3v) is 3.16. The molecule has 2 heterocycles. The molecule has 0 amide bonds. The van der Waals surface area contributed by atoms with Gasteiger partial charge in [0.2, 0.25) is 0 Å². The normalized spacial score (nSPS) is 10.7. The van der Waals surface area contributed by atoms with Crippen LogP contribution in [0.2, 0.25) is 0 Å². The predicted molar refractivity (Wildman–Crippen MR) is 57.7 cm³/mol. The third kappa shape index (κ3) is 3.47. The fourth-order valence-electron chi connectivity index (χ4n) is 1.50. The molecule has 0 aliphatic rings. The number of pyridine rings is 2. The molecule has 76 valence electrons. The molecule has 0 fully saturated rings. The molecule has 0 N–H and O–H groups in total. The Labute approximate surface area is 105 Å². The summed E-state index contributed by atoms with van der Waals surface area (Å²) >= 11 is 1.12. The quantitative estimate of drug-likeness (QED) is 0.790. The summed E-state index contributed by atoms with van der Waals surface area (Å²) in [6.07, 6.45) is 3.67. The van der Waals surface area contributed by atoms with Gasteiger partial charge in [-0.3, -0.25) is 0 Å². The fraction of sp³-hybridized carbons (Fsp3) is 0.167. The zero-order valence-electron chi connectivity index (χ0n) is 9.08. The molecule has 4 heteroatoms. The molecule has 0 bridgehead atoms. The second-order valence-corrected chi connectivity index (χ2v) is 5.51. The molecule has 3 nitrogen and oxygen atoms in total. The molecule has 0 aromatic carbocycles. The van der Waals surface area contributed by atoms with Crippen LogP contribution in [0.25, 0.3) is 0 Å². The van der Waals surface area contributed by atoms with Gasteiger partial charge >= 0.3 is 105 Å². The van der Waals surface area contributed by atoms with Crippen LogP contribution in [0, 0.1) is 0 Å². The van der Waals surface area contributed by atoms with Crippen LogP contribution in [0.5, 0.6) is 0 Å². The molecule has 0 atom stereocenters. The molecule has 0 aliphatic heterocycles. The van der Waals surface area contributed by atoms with E-state index in [1.54, 1.807) is 0 Å². The number of nitrogens with zero attached hydrogens (tertiary/aromatic N) is 3. The van der Waals surface area contributed by atoms with E-state index in [2.05, 4.69) is 25.7 Å². The summed E-state index contributed by atoms with van der Waals surface area (Å²) in [6, 6.07) is 12.0. The number of rotatable bonds is 4. The van der Waals surface area contributed by atoms with Crippen molar-refractivity contribution >= 4 is 0 Å². The van der Waals surface area contributed by atoms with Crippen molar-refractivity contribution in [2.45, 2.75) is 13.1 Å². The van der Waals surface area contributed by atoms with Gasteiger partial charge in [0.05, 0.1) is 0 Å². The van der Waals surface area contributed by atoms with Crippen molar-refractivity contribution in [2.75, 3.05) is 0 Å². The topological polar surface area (TPSA) is 29.0 Å². The van der Waals surface area contributed by atoms with Crippen LogP contribution < -0.4 is 0 Å². The van der Waals surface area contributed by atoms with Crippen LogP contribution in [-0.2, 0) is 31.6 Å². The Morgan fingerprint density at radius 2 is 1.38 bits per heavy atom. The molecule has 0 unspecified atom stereocenters. The van der Waals surface area contributed by atoms with E-state index in [1.165, 1.54) is 0 Å². The first-order valence-electron chi connectivity index (χ1n) is 5.20. The Bertz CT molecular complexity index is 377. The number of hydrogen-bond acceptors (Lipinski definition) is 3. The van der Waals surface area contributed by atoms with E-state index in [0.29, 0.717) is 0 Å². The monoisotopic (exact) mass is 262 g/mol. The number of hydrogen-bond donors (Lipinski definition) is 0. The van der Waals surface area contributed by atoms with Crippen molar-refractivity contribution in [1.29, 1.82) is 0 Å². The van der Waals surface area contributed by atoms with Gasteiger partial charge in [-0.25, -0.2) is 0 Å². The summed E-state index contributed by atoms with van der Waals surface area (Å²) in [5.41, 5.74) is 2.23. The fourth-order valence-corrected chi connectivity index (χ4v) is 2.46. The van der Waals surface area contributed by atoms with Crippen molar-refractivity contribution in [2.24, 2.45) is 0 Å². The second-order valence-electron chi connectivity index (χ2n) is 3.63. The van der Waals surface area contributed by atoms with E-state index in [4.69, 9.17) is 0 Å². The van der Waals surface area contributed by atoms with Crippen LogP contribution >= 0.6 is 0 Å². The van der Waals surface area contributed by atoms with E-state index in [-0.39, 0.29) is 0 Å². The minimum atomic E-state index is 0.900. The Morgan fingerprint density at radius 3 is 1.75 bits per heavy atom. The van der Waals surface area contributed by atoms with Crippen molar-refractivity contribution in [3.63, 3.8) is 0 Å². The maximum atomic E-state index is 4.32. The van der Waals surface area contributed by atoms with Crippen LogP contribution in [0.15, 0.2) is 48.8 Å². The summed E-state index contributed by atoms with van der Waals surface area (Å²) in [5, 5.41) is 0. The van der Waals surface area contributed by atoms with Gasteiger partial charge in [0, 0.05) is 0 Å². The Morgan fingerprint density at radius 1 is 0.875 bits per heavy atom. The number of aromatic nitrogens is 2. The predicted octanol–water partition coefficient (Wildman–Crippen LogP) is 1.94. The molecule has 2 rings (SSSR count). The van der Waals surface area contributed by atoms with E-state index in [9.17, 15) is 0 Å². The average Bonchev–Trinajstić information content (AvgIpc) is 2.31. The van der Waals surface area contributed by atoms with Gasteiger partial charge in [-0.1, -0.05) is 0 Å². The summed E-state index contributed by atoms with van der Waals surface area (Å²) < 4.78 is 2.32. The summed E-state index contributed by atoms with van der Waals surface area (Å²) in [5.74, 6) is 0. The molecular formula is C12H12N3Zn+. The first-order valence-corrected chi connectivity index (χ1v) is 6.52. The summed E-state index contributed by atoms with van der Waals surface area (Å²) in [7, 11) is 0. The van der Waals surface area contributed by atoms with Crippen molar-refractivity contribution < 1.29 is 18.5 Å². The molecular weight excluding hydrogens is 252 g/mol. The van der Waals surface area contributed by atoms with Gasteiger partial charge in [-0.2, -0.15) is 0 Å². The molecule has 0 spiro atoms. The molecule has 16 heavy (non-hydrogen) atoms.